The average Bonchev–Trinajstić information content (AvgIpc) is 2.78. The van der Waals surface area contributed by atoms with Gasteiger partial charge in [-0.2, -0.15) is 5.26 Å². The van der Waals surface area contributed by atoms with E-state index in [1.54, 1.807) is 0 Å². The Labute approximate surface area is 89.0 Å². The smallest absolute Gasteiger partial charge is 0.183 e. The predicted octanol–water partition coefficient (Wildman–Crippen LogP) is 1.96. The van der Waals surface area contributed by atoms with E-state index in [0.29, 0.717) is 6.04 Å². The fraction of sp³-hybridized carbons (Fsp3) is 0.800. The zero-order chi connectivity index (χ0) is 9.97. The molecule has 0 radical (unpaired) electrons. The molecule has 2 aliphatic carbocycles. The molecule has 2 bridgehead atoms. The molecule has 0 saturated heterocycles. The molecule has 14 heavy (non-hydrogen) atoms. The fourth-order valence-electron chi connectivity index (χ4n) is 2.70. The van der Waals surface area contributed by atoms with Gasteiger partial charge in [-0.05, 0) is 37.4 Å². The van der Waals surface area contributed by atoms with Crippen LogP contribution in [0, 0.1) is 23.3 Å². The minimum atomic E-state index is 0.483. The number of nitrogens with one attached hydrogen (secondary N) is 1. The summed E-state index contributed by atoms with van der Waals surface area (Å²) in [7, 11) is 0. The van der Waals surface area contributed by atoms with Gasteiger partial charge in [-0.15, -0.1) is 0 Å². The third-order valence-electron chi connectivity index (χ3n) is 3.34. The van der Waals surface area contributed by atoms with Crippen LogP contribution in [-0.2, 0) is 0 Å². The molecule has 2 aliphatic rings. The molecular formula is C10H15N3S. The SMILES string of the molecule is CSC(=NC1CC2CCC1C2)NC#N. The van der Waals surface area contributed by atoms with Crippen molar-refractivity contribution >= 4 is 16.9 Å². The van der Waals surface area contributed by atoms with Crippen LogP contribution in [0.2, 0.25) is 0 Å². The Morgan fingerprint density at radius 2 is 2.36 bits per heavy atom. The molecule has 2 fully saturated rings. The lowest BCUT2D eigenvalue weighted by Gasteiger charge is -2.18. The second kappa shape index (κ2) is 4.22. The number of amidine groups is 1. The molecule has 0 spiro atoms. The molecule has 76 valence electrons. The van der Waals surface area contributed by atoms with Gasteiger partial charge in [0.1, 0.15) is 0 Å². The van der Waals surface area contributed by atoms with E-state index < -0.39 is 0 Å². The monoisotopic (exact) mass is 209 g/mol. The van der Waals surface area contributed by atoms with Gasteiger partial charge in [-0.25, -0.2) is 0 Å². The molecule has 3 atom stereocenters. The van der Waals surface area contributed by atoms with Crippen molar-refractivity contribution in [2.75, 3.05) is 6.26 Å². The summed E-state index contributed by atoms with van der Waals surface area (Å²) in [6.45, 7) is 0. The number of nitrogens with zero attached hydrogens (tertiary/aromatic N) is 2. The van der Waals surface area contributed by atoms with Gasteiger partial charge in [0, 0.05) is 0 Å². The maximum Gasteiger partial charge on any atom is 0.183 e. The number of fused-ring (bicyclic) bond motifs is 2. The molecule has 3 unspecified atom stereocenters. The highest BCUT2D eigenvalue weighted by Crippen LogP contribution is 2.46. The molecule has 0 aromatic carbocycles. The summed E-state index contributed by atoms with van der Waals surface area (Å²) in [5.41, 5.74) is 0. The van der Waals surface area contributed by atoms with Crippen LogP contribution in [0.15, 0.2) is 4.99 Å². The molecule has 2 saturated carbocycles. The van der Waals surface area contributed by atoms with Crippen molar-refractivity contribution in [1.82, 2.24) is 5.32 Å². The first kappa shape index (κ1) is 9.85. The second-order valence-corrected chi connectivity index (χ2v) is 4.91. The minimum absolute atomic E-state index is 0.483. The Balaban J connectivity index is 1.99. The van der Waals surface area contributed by atoms with Crippen molar-refractivity contribution in [3.8, 4) is 6.19 Å². The van der Waals surface area contributed by atoms with Crippen LogP contribution in [-0.4, -0.2) is 17.5 Å². The van der Waals surface area contributed by atoms with Gasteiger partial charge in [0.2, 0.25) is 0 Å². The van der Waals surface area contributed by atoms with Crippen LogP contribution in [0.5, 0.6) is 0 Å². The molecule has 4 heteroatoms. The van der Waals surface area contributed by atoms with Gasteiger partial charge in [0.15, 0.2) is 11.4 Å². The van der Waals surface area contributed by atoms with Gasteiger partial charge in [-0.1, -0.05) is 18.2 Å². The molecule has 2 rings (SSSR count). The topological polar surface area (TPSA) is 48.2 Å². The maximum atomic E-state index is 8.52. The molecule has 0 aromatic heterocycles. The first-order valence-electron chi connectivity index (χ1n) is 5.10. The largest absolute Gasteiger partial charge is 0.272 e. The third kappa shape index (κ3) is 1.88. The van der Waals surface area contributed by atoms with Crippen LogP contribution < -0.4 is 5.32 Å². The summed E-state index contributed by atoms with van der Waals surface area (Å²) in [6, 6.07) is 0.483. The van der Waals surface area contributed by atoms with Crippen LogP contribution in [0.4, 0.5) is 0 Å². The Hall–Kier alpha value is -0.690. The molecule has 0 amide bonds. The van der Waals surface area contributed by atoms with Crippen molar-refractivity contribution in [2.24, 2.45) is 16.8 Å². The number of nitriles is 1. The minimum Gasteiger partial charge on any atom is -0.272 e. The van der Waals surface area contributed by atoms with E-state index in [4.69, 9.17) is 5.26 Å². The van der Waals surface area contributed by atoms with Gasteiger partial charge in [-0.3, -0.25) is 10.3 Å². The normalized spacial score (nSPS) is 35.7. The van der Waals surface area contributed by atoms with Crippen LogP contribution in [0.25, 0.3) is 0 Å². The highest BCUT2D eigenvalue weighted by molar-refractivity contribution is 8.13. The number of hydrogen-bond acceptors (Lipinski definition) is 3. The van der Waals surface area contributed by atoms with Crippen LogP contribution in [0.1, 0.15) is 25.7 Å². The summed E-state index contributed by atoms with van der Waals surface area (Å²) in [6.07, 6.45) is 9.23. The van der Waals surface area contributed by atoms with Crippen LogP contribution >= 0.6 is 11.8 Å². The first-order chi connectivity index (χ1) is 6.83. The molecule has 0 aromatic rings. The molecule has 0 aliphatic heterocycles. The molecule has 1 N–H and O–H groups in total. The summed E-state index contributed by atoms with van der Waals surface area (Å²) in [4.78, 5) is 4.61. The third-order valence-corrected chi connectivity index (χ3v) is 3.93. The van der Waals surface area contributed by atoms with Gasteiger partial charge < -0.3 is 0 Å². The number of rotatable bonds is 1. The quantitative estimate of drug-likeness (QED) is 0.311. The van der Waals surface area contributed by atoms with Gasteiger partial charge in [0.05, 0.1) is 6.04 Å². The second-order valence-electron chi connectivity index (χ2n) is 4.12. The number of thioether (sulfide) groups is 1. The lowest BCUT2D eigenvalue weighted by atomic mass is 9.96. The zero-order valence-electron chi connectivity index (χ0n) is 8.36. The number of aliphatic imine (C=N–C) groups is 1. The van der Waals surface area contributed by atoms with Crippen molar-refractivity contribution in [1.29, 1.82) is 5.26 Å². The average molecular weight is 209 g/mol. The zero-order valence-corrected chi connectivity index (χ0v) is 9.18. The van der Waals surface area contributed by atoms with Gasteiger partial charge in [0.25, 0.3) is 0 Å². The Bertz CT molecular complexity index is 282. The Morgan fingerprint density at radius 1 is 1.50 bits per heavy atom. The van der Waals surface area contributed by atoms with E-state index in [9.17, 15) is 0 Å². The van der Waals surface area contributed by atoms with E-state index in [0.717, 1.165) is 17.0 Å². The summed E-state index contributed by atoms with van der Waals surface area (Å²) in [5, 5.41) is 11.9. The van der Waals surface area contributed by atoms with E-state index in [-0.39, 0.29) is 0 Å². The summed E-state index contributed by atoms with van der Waals surface area (Å²) >= 11 is 1.53. The van der Waals surface area contributed by atoms with Gasteiger partial charge >= 0.3 is 0 Å². The van der Waals surface area contributed by atoms with E-state index in [2.05, 4.69) is 10.3 Å². The lowest BCUT2D eigenvalue weighted by molar-refractivity contribution is 0.420. The standard InChI is InChI=1S/C10H15N3S/c1-14-10(12-6-11)13-9-5-7-2-3-8(9)4-7/h7-9H,2-5H2,1H3,(H,12,13). The van der Waals surface area contributed by atoms with Crippen molar-refractivity contribution < 1.29 is 0 Å². The van der Waals surface area contributed by atoms with Crippen molar-refractivity contribution in [2.45, 2.75) is 31.7 Å². The summed E-state index contributed by atoms with van der Waals surface area (Å²) < 4.78 is 0. The predicted molar refractivity (Wildman–Crippen MR) is 58.9 cm³/mol. The summed E-state index contributed by atoms with van der Waals surface area (Å²) in [5.74, 6) is 1.71. The number of hydrogen-bond donors (Lipinski definition) is 1. The Morgan fingerprint density at radius 3 is 2.86 bits per heavy atom. The Kier molecular flexibility index (Phi) is 2.97. The highest BCUT2D eigenvalue weighted by atomic mass is 32.2. The molecule has 3 nitrogen and oxygen atoms in total. The van der Waals surface area contributed by atoms with Crippen LogP contribution in [0.3, 0.4) is 0 Å². The fourth-order valence-corrected chi connectivity index (χ4v) is 3.09. The first-order valence-corrected chi connectivity index (χ1v) is 6.33. The lowest BCUT2D eigenvalue weighted by Crippen LogP contribution is -2.21. The van der Waals surface area contributed by atoms with Crippen molar-refractivity contribution in [3.63, 3.8) is 0 Å². The van der Waals surface area contributed by atoms with Crippen molar-refractivity contribution in [3.05, 3.63) is 0 Å². The molecule has 0 heterocycles. The van der Waals surface area contributed by atoms with E-state index >= 15 is 0 Å². The molecular weight excluding hydrogens is 194 g/mol. The highest BCUT2D eigenvalue weighted by Gasteiger charge is 2.39. The van der Waals surface area contributed by atoms with E-state index in [1.165, 1.54) is 37.4 Å². The van der Waals surface area contributed by atoms with E-state index in [1.807, 2.05) is 12.4 Å². The maximum absolute atomic E-state index is 8.52.